The minimum Gasteiger partial charge on any atom is -0.441 e. The molecule has 0 unspecified atom stereocenters. The standard InChI is InChI=1S/C23H24N2O3S/c1-16-21(15-29-20-7-3-2-4-8-20)25-23(28-16)18-11-9-17(10-12-18)22(26)24-14-19-6-5-13-27-19/h2-4,7-12,19H,5-6,13-15H2,1H3,(H,24,26)/t19-/m0/s1. The average Bonchev–Trinajstić information content (AvgIpc) is 3.41. The highest BCUT2D eigenvalue weighted by Gasteiger charge is 2.17. The predicted molar refractivity (Wildman–Crippen MR) is 114 cm³/mol. The molecule has 0 aliphatic carbocycles. The molecule has 0 spiro atoms. The fraction of sp³-hybridized carbons (Fsp3) is 0.304. The number of oxazole rings is 1. The highest BCUT2D eigenvalue weighted by atomic mass is 32.2. The van der Waals surface area contributed by atoms with Crippen molar-refractivity contribution >= 4 is 17.7 Å². The molecule has 2 aromatic carbocycles. The molecule has 29 heavy (non-hydrogen) atoms. The average molecular weight is 409 g/mol. The molecule has 1 fully saturated rings. The van der Waals surface area contributed by atoms with Crippen LogP contribution in [0.3, 0.4) is 0 Å². The van der Waals surface area contributed by atoms with E-state index in [0.717, 1.165) is 42.2 Å². The van der Waals surface area contributed by atoms with Crippen LogP contribution in [-0.2, 0) is 10.5 Å². The Morgan fingerprint density at radius 2 is 1.97 bits per heavy atom. The molecular weight excluding hydrogens is 384 g/mol. The summed E-state index contributed by atoms with van der Waals surface area (Å²) in [5.41, 5.74) is 2.42. The smallest absolute Gasteiger partial charge is 0.251 e. The number of benzene rings is 2. The van der Waals surface area contributed by atoms with E-state index in [4.69, 9.17) is 9.15 Å². The Kier molecular flexibility index (Phi) is 6.32. The molecule has 3 aromatic rings. The fourth-order valence-corrected chi connectivity index (χ4v) is 4.15. The van der Waals surface area contributed by atoms with Crippen molar-refractivity contribution in [1.29, 1.82) is 0 Å². The van der Waals surface area contributed by atoms with Gasteiger partial charge in [-0.25, -0.2) is 4.98 Å². The summed E-state index contributed by atoms with van der Waals surface area (Å²) in [6.45, 7) is 3.28. The van der Waals surface area contributed by atoms with Crippen LogP contribution in [0.5, 0.6) is 0 Å². The van der Waals surface area contributed by atoms with E-state index in [1.54, 1.807) is 23.9 Å². The molecule has 1 aliphatic heterocycles. The quantitative estimate of drug-likeness (QED) is 0.566. The number of nitrogens with one attached hydrogen (secondary N) is 1. The zero-order valence-electron chi connectivity index (χ0n) is 16.4. The van der Waals surface area contributed by atoms with Gasteiger partial charge in [-0.05, 0) is 56.2 Å². The first kappa shape index (κ1) is 19.7. The van der Waals surface area contributed by atoms with Gasteiger partial charge in [0.2, 0.25) is 5.89 Å². The van der Waals surface area contributed by atoms with E-state index in [-0.39, 0.29) is 12.0 Å². The predicted octanol–water partition coefficient (Wildman–Crippen LogP) is 4.85. The van der Waals surface area contributed by atoms with Gasteiger partial charge in [0, 0.05) is 34.9 Å². The zero-order valence-corrected chi connectivity index (χ0v) is 17.2. The van der Waals surface area contributed by atoms with Gasteiger partial charge in [-0.1, -0.05) is 18.2 Å². The van der Waals surface area contributed by atoms with Gasteiger partial charge in [0.05, 0.1) is 11.8 Å². The van der Waals surface area contributed by atoms with Crippen molar-refractivity contribution in [3.8, 4) is 11.5 Å². The molecule has 1 N–H and O–H groups in total. The number of thioether (sulfide) groups is 1. The highest BCUT2D eigenvalue weighted by molar-refractivity contribution is 7.98. The number of hydrogen-bond acceptors (Lipinski definition) is 5. The Hall–Kier alpha value is -2.57. The lowest BCUT2D eigenvalue weighted by Gasteiger charge is -2.10. The molecule has 0 saturated carbocycles. The van der Waals surface area contributed by atoms with Crippen LogP contribution < -0.4 is 5.32 Å². The number of aromatic nitrogens is 1. The third-order valence-corrected chi connectivity index (χ3v) is 5.94. The van der Waals surface area contributed by atoms with Crippen LogP contribution in [0.2, 0.25) is 0 Å². The van der Waals surface area contributed by atoms with E-state index in [1.165, 1.54) is 4.90 Å². The normalized spacial score (nSPS) is 16.1. The molecule has 0 bridgehead atoms. The van der Waals surface area contributed by atoms with Crippen molar-refractivity contribution < 1.29 is 13.9 Å². The molecule has 4 rings (SSSR count). The molecule has 1 aromatic heterocycles. The van der Waals surface area contributed by atoms with Crippen molar-refractivity contribution in [2.45, 2.75) is 36.5 Å². The summed E-state index contributed by atoms with van der Waals surface area (Å²) in [7, 11) is 0. The first-order valence-corrected chi connectivity index (χ1v) is 10.8. The van der Waals surface area contributed by atoms with Crippen LogP contribution in [0.15, 0.2) is 63.9 Å². The molecule has 1 amide bonds. The zero-order chi connectivity index (χ0) is 20.1. The van der Waals surface area contributed by atoms with Gasteiger partial charge in [0.1, 0.15) is 5.76 Å². The van der Waals surface area contributed by atoms with E-state index >= 15 is 0 Å². The summed E-state index contributed by atoms with van der Waals surface area (Å²) in [6, 6.07) is 17.6. The van der Waals surface area contributed by atoms with Gasteiger partial charge in [0.25, 0.3) is 5.91 Å². The van der Waals surface area contributed by atoms with Gasteiger partial charge in [-0.15, -0.1) is 11.8 Å². The van der Waals surface area contributed by atoms with Crippen LogP contribution in [0.25, 0.3) is 11.5 Å². The lowest BCUT2D eigenvalue weighted by atomic mass is 10.1. The van der Waals surface area contributed by atoms with E-state index < -0.39 is 0 Å². The van der Waals surface area contributed by atoms with Gasteiger partial charge >= 0.3 is 0 Å². The molecule has 150 valence electrons. The van der Waals surface area contributed by atoms with E-state index in [1.807, 2.05) is 37.3 Å². The van der Waals surface area contributed by atoms with Crippen molar-refractivity contribution in [1.82, 2.24) is 10.3 Å². The first-order chi connectivity index (χ1) is 14.2. The first-order valence-electron chi connectivity index (χ1n) is 9.83. The Morgan fingerprint density at radius 1 is 1.17 bits per heavy atom. The summed E-state index contributed by atoms with van der Waals surface area (Å²) < 4.78 is 11.4. The van der Waals surface area contributed by atoms with Crippen molar-refractivity contribution in [3.63, 3.8) is 0 Å². The van der Waals surface area contributed by atoms with Crippen molar-refractivity contribution in [2.75, 3.05) is 13.2 Å². The SMILES string of the molecule is Cc1oc(-c2ccc(C(=O)NC[C@@H]3CCCO3)cc2)nc1CSc1ccccc1. The fourth-order valence-electron chi connectivity index (χ4n) is 3.23. The topological polar surface area (TPSA) is 64.4 Å². The minimum absolute atomic E-state index is 0.0874. The maximum absolute atomic E-state index is 12.3. The molecule has 1 atom stereocenters. The molecule has 0 radical (unpaired) electrons. The van der Waals surface area contributed by atoms with Crippen molar-refractivity contribution in [2.24, 2.45) is 0 Å². The molecule has 1 saturated heterocycles. The van der Waals surface area contributed by atoms with Crippen LogP contribution in [-0.4, -0.2) is 30.1 Å². The number of aryl methyl sites for hydroxylation is 1. The summed E-state index contributed by atoms with van der Waals surface area (Å²) in [5.74, 6) is 2.07. The van der Waals surface area contributed by atoms with Gasteiger partial charge in [0.15, 0.2) is 0 Å². The summed E-state index contributed by atoms with van der Waals surface area (Å²) in [6.07, 6.45) is 2.21. The second-order valence-electron chi connectivity index (χ2n) is 7.05. The number of ether oxygens (including phenoxy) is 1. The number of nitrogens with zero attached hydrogens (tertiary/aromatic N) is 1. The third-order valence-electron chi connectivity index (χ3n) is 4.92. The molecule has 2 heterocycles. The number of hydrogen-bond donors (Lipinski definition) is 1. The second-order valence-corrected chi connectivity index (χ2v) is 8.09. The lowest BCUT2D eigenvalue weighted by molar-refractivity contribution is 0.0858. The maximum Gasteiger partial charge on any atom is 0.251 e. The minimum atomic E-state index is -0.0874. The van der Waals surface area contributed by atoms with Crippen LogP contribution >= 0.6 is 11.8 Å². The van der Waals surface area contributed by atoms with E-state index in [0.29, 0.717) is 18.0 Å². The summed E-state index contributed by atoms with van der Waals surface area (Å²) in [4.78, 5) is 18.2. The van der Waals surface area contributed by atoms with Crippen LogP contribution in [0.4, 0.5) is 0 Å². The largest absolute Gasteiger partial charge is 0.441 e. The van der Waals surface area contributed by atoms with E-state index in [2.05, 4.69) is 22.4 Å². The maximum atomic E-state index is 12.3. The Balaban J connectivity index is 1.37. The summed E-state index contributed by atoms with van der Waals surface area (Å²) >= 11 is 1.73. The highest BCUT2D eigenvalue weighted by Crippen LogP contribution is 2.27. The van der Waals surface area contributed by atoms with Crippen molar-refractivity contribution in [3.05, 3.63) is 71.6 Å². The number of carbonyl (C=O) groups excluding carboxylic acids is 1. The lowest BCUT2D eigenvalue weighted by Crippen LogP contribution is -2.31. The molecule has 5 nitrogen and oxygen atoms in total. The summed E-state index contributed by atoms with van der Waals surface area (Å²) in [5, 5.41) is 2.94. The van der Waals surface area contributed by atoms with Gasteiger partial charge < -0.3 is 14.5 Å². The number of rotatable bonds is 7. The third kappa shape index (κ3) is 5.08. The van der Waals surface area contributed by atoms with E-state index in [9.17, 15) is 4.79 Å². The Labute approximate surface area is 174 Å². The second kappa shape index (κ2) is 9.29. The molecule has 6 heteroatoms. The monoisotopic (exact) mass is 408 g/mol. The number of carbonyl (C=O) groups is 1. The van der Waals surface area contributed by atoms with Crippen LogP contribution in [0, 0.1) is 6.92 Å². The van der Waals surface area contributed by atoms with Gasteiger partial charge in [-0.3, -0.25) is 4.79 Å². The van der Waals surface area contributed by atoms with Gasteiger partial charge in [-0.2, -0.15) is 0 Å². The number of amides is 1. The molecular formula is C23H24N2O3S. The molecule has 1 aliphatic rings. The Morgan fingerprint density at radius 3 is 2.69 bits per heavy atom. The van der Waals surface area contributed by atoms with Crippen LogP contribution in [0.1, 0.15) is 34.7 Å². The Bertz CT molecular complexity index is 948.